The molecule has 0 bridgehead atoms. The van der Waals surface area contributed by atoms with Gasteiger partial charge < -0.3 is 20.0 Å². The van der Waals surface area contributed by atoms with Crippen LogP contribution in [0, 0.1) is 5.82 Å². The fourth-order valence-electron chi connectivity index (χ4n) is 4.48. The smallest absolute Gasteiger partial charge is 0.255 e. The number of hydrogen-bond acceptors (Lipinski definition) is 9. The number of carbonyl (C=O) groups is 1. The Morgan fingerprint density at radius 2 is 1.82 bits per heavy atom. The van der Waals surface area contributed by atoms with Gasteiger partial charge in [0.25, 0.3) is 5.91 Å². The minimum atomic E-state index is -0.513. The number of rotatable bonds is 8. The molecule has 4 heterocycles. The number of anilines is 3. The maximum absolute atomic E-state index is 14.8. The molecule has 1 fully saturated rings. The van der Waals surface area contributed by atoms with Crippen molar-refractivity contribution < 1.29 is 9.18 Å². The predicted molar refractivity (Wildman–Crippen MR) is 150 cm³/mol. The SMILES string of the molecule is CCN1CCN(C(=O)c2ccc(Nc3ncc(F)c(-c4ccc5nc(N(CC)CC)sc5c4)n3)nc2)CC1. The lowest BCUT2D eigenvalue weighted by molar-refractivity contribution is 0.0643. The molecule has 0 saturated carbocycles. The third-order valence-electron chi connectivity index (χ3n) is 6.79. The van der Waals surface area contributed by atoms with E-state index in [1.165, 1.54) is 0 Å². The Morgan fingerprint density at radius 1 is 1.03 bits per heavy atom. The van der Waals surface area contributed by atoms with Gasteiger partial charge in [-0.15, -0.1) is 0 Å². The van der Waals surface area contributed by atoms with Crippen LogP contribution in [-0.2, 0) is 0 Å². The molecule has 0 spiro atoms. The molecule has 3 aromatic heterocycles. The normalized spacial score (nSPS) is 14.2. The molecule has 1 aliphatic heterocycles. The molecular formula is C27H31FN8OS. The van der Waals surface area contributed by atoms with Crippen molar-refractivity contribution in [3.63, 3.8) is 0 Å². The molecule has 1 amide bonds. The number of carbonyl (C=O) groups excluding carboxylic acids is 1. The van der Waals surface area contributed by atoms with E-state index in [1.54, 1.807) is 29.7 Å². The van der Waals surface area contributed by atoms with Crippen LogP contribution >= 0.6 is 11.3 Å². The van der Waals surface area contributed by atoms with Crippen LogP contribution in [0.1, 0.15) is 31.1 Å². The molecule has 198 valence electrons. The number of amides is 1. The average molecular weight is 535 g/mol. The zero-order valence-corrected chi connectivity index (χ0v) is 22.6. The van der Waals surface area contributed by atoms with Crippen LogP contribution in [0.2, 0.25) is 0 Å². The van der Waals surface area contributed by atoms with Crippen molar-refractivity contribution in [1.82, 2.24) is 29.7 Å². The van der Waals surface area contributed by atoms with Crippen LogP contribution in [0.15, 0.2) is 42.7 Å². The number of aromatic nitrogens is 4. The number of hydrogen-bond donors (Lipinski definition) is 1. The molecule has 1 N–H and O–H groups in total. The highest BCUT2D eigenvalue weighted by Gasteiger charge is 2.21. The fraction of sp³-hybridized carbons (Fsp3) is 0.370. The number of pyridine rings is 1. The largest absolute Gasteiger partial charge is 0.349 e. The van der Waals surface area contributed by atoms with Crippen LogP contribution in [0.25, 0.3) is 21.5 Å². The summed E-state index contributed by atoms with van der Waals surface area (Å²) in [4.78, 5) is 36.8. The van der Waals surface area contributed by atoms with Crippen molar-refractivity contribution >= 4 is 44.4 Å². The number of likely N-dealkylation sites (N-methyl/N-ethyl adjacent to an activating group) is 1. The Kier molecular flexibility index (Phi) is 7.75. The summed E-state index contributed by atoms with van der Waals surface area (Å²) in [6.07, 6.45) is 2.70. The molecule has 9 nitrogen and oxygen atoms in total. The predicted octanol–water partition coefficient (Wildman–Crippen LogP) is 4.65. The molecule has 0 aliphatic carbocycles. The van der Waals surface area contributed by atoms with Gasteiger partial charge in [0.15, 0.2) is 10.9 Å². The number of fused-ring (bicyclic) bond motifs is 1. The zero-order chi connectivity index (χ0) is 26.6. The second-order valence-electron chi connectivity index (χ2n) is 9.02. The Morgan fingerprint density at radius 3 is 2.50 bits per heavy atom. The summed E-state index contributed by atoms with van der Waals surface area (Å²) in [5, 5.41) is 3.97. The van der Waals surface area contributed by atoms with Crippen molar-refractivity contribution in [2.24, 2.45) is 0 Å². The monoisotopic (exact) mass is 534 g/mol. The van der Waals surface area contributed by atoms with E-state index in [2.05, 4.69) is 50.8 Å². The zero-order valence-electron chi connectivity index (χ0n) is 21.8. The second-order valence-corrected chi connectivity index (χ2v) is 10.0. The van der Waals surface area contributed by atoms with E-state index in [0.717, 1.165) is 54.3 Å². The van der Waals surface area contributed by atoms with Gasteiger partial charge in [-0.05, 0) is 44.7 Å². The van der Waals surface area contributed by atoms with Crippen molar-refractivity contribution in [2.45, 2.75) is 20.8 Å². The van der Waals surface area contributed by atoms with E-state index < -0.39 is 5.82 Å². The number of benzene rings is 1. The summed E-state index contributed by atoms with van der Waals surface area (Å²) in [6, 6.07) is 9.07. The molecule has 0 atom stereocenters. The van der Waals surface area contributed by atoms with Crippen LogP contribution in [0.4, 0.5) is 21.3 Å². The number of halogens is 1. The quantitative estimate of drug-likeness (QED) is 0.349. The first-order valence-electron chi connectivity index (χ1n) is 12.9. The molecule has 0 unspecified atom stereocenters. The van der Waals surface area contributed by atoms with Crippen molar-refractivity contribution in [3.8, 4) is 11.3 Å². The summed E-state index contributed by atoms with van der Waals surface area (Å²) in [7, 11) is 0. The fourth-order valence-corrected chi connectivity index (χ4v) is 5.61. The highest BCUT2D eigenvalue weighted by molar-refractivity contribution is 7.22. The molecule has 0 radical (unpaired) electrons. The third-order valence-corrected chi connectivity index (χ3v) is 7.86. The van der Waals surface area contributed by atoms with Crippen molar-refractivity contribution in [3.05, 3.63) is 54.1 Å². The molecule has 38 heavy (non-hydrogen) atoms. The van der Waals surface area contributed by atoms with Gasteiger partial charge in [-0.2, -0.15) is 0 Å². The summed E-state index contributed by atoms with van der Waals surface area (Å²) in [5.41, 5.74) is 2.25. The van der Waals surface area contributed by atoms with Gasteiger partial charge in [0.05, 0.1) is 22.0 Å². The Balaban J connectivity index is 1.31. The first-order valence-corrected chi connectivity index (χ1v) is 13.7. The molecule has 5 rings (SSSR count). The van der Waals surface area contributed by atoms with Crippen LogP contribution in [0.3, 0.4) is 0 Å². The number of piperazine rings is 1. The number of nitrogens with zero attached hydrogens (tertiary/aromatic N) is 7. The van der Waals surface area contributed by atoms with Gasteiger partial charge in [-0.3, -0.25) is 4.79 Å². The van der Waals surface area contributed by atoms with E-state index in [9.17, 15) is 9.18 Å². The lowest BCUT2D eigenvalue weighted by Crippen LogP contribution is -2.48. The highest BCUT2D eigenvalue weighted by atomic mass is 32.1. The van der Waals surface area contributed by atoms with Crippen LogP contribution < -0.4 is 10.2 Å². The number of nitrogens with one attached hydrogen (secondary N) is 1. The standard InChI is InChI=1S/C27H31FN8OS/c1-4-34-11-13-36(14-12-34)25(37)19-8-10-23(29-16-19)32-26-30-17-20(28)24(33-26)18-7-9-21-22(15-18)38-27(31-21)35(5-2)6-3/h7-10,15-17H,4-6,11-14H2,1-3H3,(H,29,30,32,33). The van der Waals surface area contributed by atoms with Gasteiger partial charge in [-0.25, -0.2) is 24.3 Å². The lowest BCUT2D eigenvalue weighted by Gasteiger charge is -2.34. The molecule has 1 saturated heterocycles. The Bertz CT molecular complexity index is 1410. The summed E-state index contributed by atoms with van der Waals surface area (Å²) in [6.45, 7) is 12.3. The Hall–Kier alpha value is -3.70. The van der Waals surface area contributed by atoms with Crippen molar-refractivity contribution in [2.75, 3.05) is 56.0 Å². The van der Waals surface area contributed by atoms with Gasteiger partial charge >= 0.3 is 0 Å². The summed E-state index contributed by atoms with van der Waals surface area (Å²) >= 11 is 1.58. The molecular weight excluding hydrogens is 503 g/mol. The maximum Gasteiger partial charge on any atom is 0.255 e. The lowest BCUT2D eigenvalue weighted by atomic mass is 10.1. The van der Waals surface area contributed by atoms with Crippen LogP contribution in [0.5, 0.6) is 0 Å². The number of thiazole rings is 1. The van der Waals surface area contributed by atoms with E-state index in [0.29, 0.717) is 30.0 Å². The summed E-state index contributed by atoms with van der Waals surface area (Å²) in [5.74, 6) is 0.150. The van der Waals surface area contributed by atoms with Gasteiger partial charge in [-0.1, -0.05) is 24.3 Å². The first kappa shape index (κ1) is 25.9. The van der Waals surface area contributed by atoms with Gasteiger partial charge in [0, 0.05) is 51.0 Å². The average Bonchev–Trinajstić information content (AvgIpc) is 3.38. The minimum absolute atomic E-state index is 0.0252. The van der Waals surface area contributed by atoms with Gasteiger partial charge in [0.1, 0.15) is 11.5 Å². The minimum Gasteiger partial charge on any atom is -0.349 e. The molecule has 4 aromatic rings. The second kappa shape index (κ2) is 11.4. The maximum atomic E-state index is 14.8. The molecule has 11 heteroatoms. The van der Waals surface area contributed by atoms with Gasteiger partial charge in [0.2, 0.25) is 5.95 Å². The van der Waals surface area contributed by atoms with E-state index >= 15 is 0 Å². The van der Waals surface area contributed by atoms with Crippen molar-refractivity contribution in [1.29, 1.82) is 0 Å². The molecule has 1 aliphatic rings. The summed E-state index contributed by atoms with van der Waals surface area (Å²) < 4.78 is 15.7. The van der Waals surface area contributed by atoms with E-state index in [4.69, 9.17) is 4.98 Å². The third kappa shape index (κ3) is 5.44. The van der Waals surface area contributed by atoms with E-state index in [1.807, 2.05) is 23.1 Å². The highest BCUT2D eigenvalue weighted by Crippen LogP contribution is 2.32. The Labute approximate surface area is 225 Å². The first-order chi connectivity index (χ1) is 18.5. The topological polar surface area (TPSA) is 90.4 Å². The molecule has 1 aromatic carbocycles. The van der Waals surface area contributed by atoms with E-state index in [-0.39, 0.29) is 17.5 Å². The van der Waals surface area contributed by atoms with Crippen LogP contribution in [-0.4, -0.2) is 81.5 Å².